The first kappa shape index (κ1) is 16.3. The van der Waals surface area contributed by atoms with E-state index in [1.165, 1.54) is 0 Å². The molecule has 3 nitrogen and oxygen atoms in total. The molecule has 0 spiro atoms. The lowest BCUT2D eigenvalue weighted by atomic mass is 10.2. The number of benzene rings is 2. The lowest BCUT2D eigenvalue weighted by molar-refractivity contribution is -0.115. The molecular formula is C18H19NO2S2. The maximum atomic E-state index is 12.2. The molecule has 1 saturated heterocycles. The fraction of sp³-hybridized carbons (Fsp3) is 0.278. The highest BCUT2D eigenvalue weighted by Crippen LogP contribution is 2.25. The summed E-state index contributed by atoms with van der Waals surface area (Å²) < 4.78 is 5.75. The van der Waals surface area contributed by atoms with Crippen molar-refractivity contribution >= 4 is 35.1 Å². The molecule has 1 atom stereocenters. The monoisotopic (exact) mass is 345 g/mol. The topological polar surface area (TPSA) is 38.3 Å². The molecule has 1 fully saturated rings. The van der Waals surface area contributed by atoms with Crippen molar-refractivity contribution in [3.8, 4) is 5.75 Å². The third kappa shape index (κ3) is 4.94. The summed E-state index contributed by atoms with van der Waals surface area (Å²) in [4.78, 5) is 12.2. The Bertz CT molecular complexity index is 625. The van der Waals surface area contributed by atoms with Crippen LogP contribution in [0.25, 0.3) is 0 Å². The molecule has 0 aliphatic carbocycles. The third-order valence-electron chi connectivity index (χ3n) is 3.48. The Morgan fingerprint density at radius 2 is 1.87 bits per heavy atom. The lowest BCUT2D eigenvalue weighted by Gasteiger charge is -2.20. The van der Waals surface area contributed by atoms with Crippen molar-refractivity contribution in [3.05, 3.63) is 60.2 Å². The number of anilines is 1. The van der Waals surface area contributed by atoms with Gasteiger partial charge in [-0.3, -0.25) is 4.79 Å². The van der Waals surface area contributed by atoms with E-state index >= 15 is 0 Å². The number of thioether (sulfide) groups is 2. The van der Waals surface area contributed by atoms with Crippen LogP contribution in [0.15, 0.2) is 54.6 Å². The summed E-state index contributed by atoms with van der Waals surface area (Å²) in [6.07, 6.45) is 0. The highest BCUT2D eigenvalue weighted by atomic mass is 32.2. The van der Waals surface area contributed by atoms with Crippen molar-refractivity contribution in [2.24, 2.45) is 0 Å². The van der Waals surface area contributed by atoms with Gasteiger partial charge in [0.2, 0.25) is 5.91 Å². The lowest BCUT2D eigenvalue weighted by Crippen LogP contribution is -2.30. The Hall–Kier alpha value is -1.59. The standard InChI is InChI=1S/C18H19NO2S2/c20-18(17-13-22-10-11-23-17)19-15-6-8-16(9-7-15)21-12-14-4-2-1-3-5-14/h1-9,17H,10-13H2,(H,19,20). The van der Waals surface area contributed by atoms with E-state index in [4.69, 9.17) is 4.74 Å². The zero-order valence-electron chi connectivity index (χ0n) is 12.7. The van der Waals surface area contributed by atoms with E-state index in [0.29, 0.717) is 6.61 Å². The molecule has 1 N–H and O–H groups in total. The van der Waals surface area contributed by atoms with Gasteiger partial charge >= 0.3 is 0 Å². The second-order valence-corrected chi connectivity index (χ2v) is 7.68. The van der Waals surface area contributed by atoms with Gasteiger partial charge in [-0.25, -0.2) is 0 Å². The summed E-state index contributed by atoms with van der Waals surface area (Å²) in [5, 5.41) is 3.04. The summed E-state index contributed by atoms with van der Waals surface area (Å²) in [5.74, 6) is 3.99. The minimum atomic E-state index is 0.0581. The van der Waals surface area contributed by atoms with E-state index < -0.39 is 0 Å². The molecule has 1 aliphatic heterocycles. The van der Waals surface area contributed by atoms with Gasteiger partial charge in [0.05, 0.1) is 5.25 Å². The number of carbonyl (C=O) groups is 1. The zero-order valence-corrected chi connectivity index (χ0v) is 14.4. The molecule has 2 aromatic carbocycles. The number of nitrogens with one attached hydrogen (secondary N) is 1. The molecule has 1 unspecified atom stereocenters. The fourth-order valence-corrected chi connectivity index (χ4v) is 4.79. The van der Waals surface area contributed by atoms with Crippen LogP contribution >= 0.6 is 23.5 Å². The summed E-state index contributed by atoms with van der Waals surface area (Å²) in [5.41, 5.74) is 1.95. The number of hydrogen-bond acceptors (Lipinski definition) is 4. The van der Waals surface area contributed by atoms with E-state index in [9.17, 15) is 4.79 Å². The number of ether oxygens (including phenoxy) is 1. The Balaban J connectivity index is 1.51. The quantitative estimate of drug-likeness (QED) is 0.887. The maximum absolute atomic E-state index is 12.2. The predicted octanol–water partition coefficient (Wildman–Crippen LogP) is 4.05. The summed E-state index contributed by atoms with van der Waals surface area (Å²) in [6, 6.07) is 17.6. The zero-order chi connectivity index (χ0) is 15.9. The van der Waals surface area contributed by atoms with E-state index in [0.717, 1.165) is 34.3 Å². The Morgan fingerprint density at radius 3 is 2.57 bits per heavy atom. The molecule has 5 heteroatoms. The smallest absolute Gasteiger partial charge is 0.238 e. The first-order chi connectivity index (χ1) is 11.3. The Labute approximate surface area is 145 Å². The van der Waals surface area contributed by atoms with Gasteiger partial charge in [0, 0.05) is 22.9 Å². The first-order valence-electron chi connectivity index (χ1n) is 7.58. The normalized spacial score (nSPS) is 17.5. The van der Waals surface area contributed by atoms with Gasteiger partial charge in [0.25, 0.3) is 0 Å². The van der Waals surface area contributed by atoms with Gasteiger partial charge in [-0.2, -0.15) is 11.8 Å². The molecule has 0 bridgehead atoms. The van der Waals surface area contributed by atoms with Crippen molar-refractivity contribution in [2.75, 3.05) is 22.6 Å². The van der Waals surface area contributed by atoms with Crippen LogP contribution in [0.4, 0.5) is 5.69 Å². The Morgan fingerprint density at radius 1 is 1.09 bits per heavy atom. The van der Waals surface area contributed by atoms with E-state index in [2.05, 4.69) is 5.32 Å². The van der Waals surface area contributed by atoms with Crippen LogP contribution in [0.3, 0.4) is 0 Å². The van der Waals surface area contributed by atoms with Crippen LogP contribution in [0, 0.1) is 0 Å². The molecule has 0 saturated carbocycles. The highest BCUT2D eigenvalue weighted by molar-refractivity contribution is 8.07. The van der Waals surface area contributed by atoms with Crippen LogP contribution < -0.4 is 10.1 Å². The maximum Gasteiger partial charge on any atom is 0.238 e. The molecule has 0 aromatic heterocycles. The minimum Gasteiger partial charge on any atom is -0.489 e. The summed E-state index contributed by atoms with van der Waals surface area (Å²) >= 11 is 3.59. The summed E-state index contributed by atoms with van der Waals surface area (Å²) in [6.45, 7) is 0.544. The number of amides is 1. The van der Waals surface area contributed by atoms with Gasteiger partial charge < -0.3 is 10.1 Å². The minimum absolute atomic E-state index is 0.0581. The van der Waals surface area contributed by atoms with E-state index in [1.54, 1.807) is 11.8 Å². The van der Waals surface area contributed by atoms with E-state index in [1.807, 2.05) is 66.4 Å². The number of rotatable bonds is 5. The van der Waals surface area contributed by atoms with Crippen molar-refractivity contribution in [3.63, 3.8) is 0 Å². The third-order valence-corrected chi connectivity index (χ3v) is 6.23. The molecule has 120 valence electrons. The number of carbonyl (C=O) groups excluding carboxylic acids is 1. The average Bonchev–Trinajstić information content (AvgIpc) is 2.63. The van der Waals surface area contributed by atoms with Gasteiger partial charge in [0.15, 0.2) is 0 Å². The van der Waals surface area contributed by atoms with Gasteiger partial charge in [-0.1, -0.05) is 30.3 Å². The van der Waals surface area contributed by atoms with Crippen molar-refractivity contribution < 1.29 is 9.53 Å². The van der Waals surface area contributed by atoms with Crippen LogP contribution in [0.5, 0.6) is 5.75 Å². The molecule has 3 rings (SSSR count). The molecular weight excluding hydrogens is 326 g/mol. The summed E-state index contributed by atoms with van der Waals surface area (Å²) in [7, 11) is 0. The number of hydrogen-bond donors (Lipinski definition) is 1. The van der Waals surface area contributed by atoms with E-state index in [-0.39, 0.29) is 11.2 Å². The van der Waals surface area contributed by atoms with Crippen LogP contribution in [0.1, 0.15) is 5.56 Å². The van der Waals surface area contributed by atoms with Gasteiger partial charge in [-0.15, -0.1) is 11.8 Å². The molecule has 1 amide bonds. The van der Waals surface area contributed by atoms with Crippen LogP contribution in [0.2, 0.25) is 0 Å². The van der Waals surface area contributed by atoms with Crippen LogP contribution in [-0.2, 0) is 11.4 Å². The molecule has 0 radical (unpaired) electrons. The fourth-order valence-electron chi connectivity index (χ4n) is 2.24. The average molecular weight is 345 g/mol. The second-order valence-electron chi connectivity index (χ2n) is 5.22. The first-order valence-corrected chi connectivity index (χ1v) is 9.78. The molecule has 1 heterocycles. The molecule has 1 aliphatic rings. The largest absolute Gasteiger partial charge is 0.489 e. The van der Waals surface area contributed by atoms with Crippen LogP contribution in [-0.4, -0.2) is 28.4 Å². The van der Waals surface area contributed by atoms with Gasteiger partial charge in [-0.05, 0) is 29.8 Å². The van der Waals surface area contributed by atoms with Crippen molar-refractivity contribution in [1.29, 1.82) is 0 Å². The second kappa shape index (κ2) is 8.31. The van der Waals surface area contributed by atoms with Crippen molar-refractivity contribution in [2.45, 2.75) is 11.9 Å². The van der Waals surface area contributed by atoms with Gasteiger partial charge in [0.1, 0.15) is 12.4 Å². The Kier molecular flexibility index (Phi) is 5.88. The molecule has 2 aromatic rings. The molecule has 23 heavy (non-hydrogen) atoms. The van der Waals surface area contributed by atoms with Crippen molar-refractivity contribution in [1.82, 2.24) is 0 Å². The predicted molar refractivity (Wildman–Crippen MR) is 99.4 cm³/mol. The SMILES string of the molecule is O=C(Nc1ccc(OCc2ccccc2)cc1)C1CSCCS1. The highest BCUT2D eigenvalue weighted by Gasteiger charge is 2.22.